The van der Waals surface area contributed by atoms with Gasteiger partial charge >= 0.3 is 7.94 Å². The van der Waals surface area contributed by atoms with E-state index in [1.54, 1.807) is 14.2 Å². The summed E-state index contributed by atoms with van der Waals surface area (Å²) in [6.45, 7) is 0. The van der Waals surface area contributed by atoms with Crippen molar-refractivity contribution in [3.05, 3.63) is 0 Å². The van der Waals surface area contributed by atoms with Crippen LogP contribution in [0.5, 0.6) is 0 Å². The van der Waals surface area contributed by atoms with Crippen LogP contribution in [-0.4, -0.2) is 24.3 Å². The zero-order chi connectivity index (χ0) is 11.4. The van der Waals surface area contributed by atoms with E-state index in [0.29, 0.717) is 0 Å². The van der Waals surface area contributed by atoms with Crippen LogP contribution < -0.4 is 0 Å². The van der Waals surface area contributed by atoms with Gasteiger partial charge in [-0.25, -0.2) is 0 Å². The van der Waals surface area contributed by atoms with Crippen molar-refractivity contribution in [1.82, 2.24) is 0 Å². The first-order chi connectivity index (χ1) is 7.61. The molecule has 0 atom stereocenters. The van der Waals surface area contributed by atoms with Gasteiger partial charge in [0.2, 0.25) is 0 Å². The molecule has 0 aromatic heterocycles. The molecule has 3 nitrogen and oxygen atoms in total. The van der Waals surface area contributed by atoms with Crippen LogP contribution in [-0.2, 0) is 9.05 Å². The van der Waals surface area contributed by atoms with Crippen molar-refractivity contribution in [3.63, 3.8) is 0 Å². The fraction of sp³-hybridized carbons (Fsp3) is 1.00. The molecule has 0 saturated heterocycles. The van der Waals surface area contributed by atoms with Crippen molar-refractivity contribution in [2.24, 2.45) is 17.8 Å². The van der Waals surface area contributed by atoms with E-state index in [4.69, 9.17) is 9.05 Å². The normalized spacial score (nSPS) is 46.3. The third-order valence-corrected chi connectivity index (χ3v) is 7.84. The van der Waals surface area contributed by atoms with Gasteiger partial charge in [-0.1, -0.05) is 0 Å². The lowest BCUT2D eigenvalue weighted by Crippen LogP contribution is -2.51. The van der Waals surface area contributed by atoms with E-state index in [1.807, 2.05) is 0 Å². The Balaban J connectivity index is 1.93. The SMILES string of the molecule is CO[P+](O)(OC)C12CC3CC(CC(C3)C1)C2. The lowest BCUT2D eigenvalue weighted by atomic mass is 9.56. The van der Waals surface area contributed by atoms with Crippen LogP contribution in [0.2, 0.25) is 0 Å². The number of rotatable bonds is 3. The standard InChI is InChI=1S/C12H22O3P/c1-14-16(13,15-2)12-6-9-3-10(7-12)5-11(4-9)8-12/h9-11,13H,3-8H2,1-2H3/q+1. The minimum atomic E-state index is -2.63. The average Bonchev–Trinajstić information content (AvgIpc) is 2.26. The van der Waals surface area contributed by atoms with Gasteiger partial charge in [0, 0.05) is 0 Å². The molecule has 0 radical (unpaired) electrons. The third-order valence-electron chi connectivity index (χ3n) is 5.10. The van der Waals surface area contributed by atoms with Crippen LogP contribution in [0.4, 0.5) is 0 Å². The average molecular weight is 245 g/mol. The summed E-state index contributed by atoms with van der Waals surface area (Å²) in [4.78, 5) is 10.7. The summed E-state index contributed by atoms with van der Waals surface area (Å²) < 4.78 is 10.8. The fourth-order valence-electron chi connectivity index (χ4n) is 4.87. The minimum Gasteiger partial charge on any atom is -0.192 e. The Hall–Kier alpha value is 0.310. The lowest BCUT2D eigenvalue weighted by Gasteiger charge is -2.55. The molecular weight excluding hydrogens is 223 g/mol. The highest BCUT2D eigenvalue weighted by Crippen LogP contribution is 2.77. The van der Waals surface area contributed by atoms with Gasteiger partial charge in [-0.2, -0.15) is 13.9 Å². The molecule has 92 valence electrons. The highest BCUT2D eigenvalue weighted by molar-refractivity contribution is 7.62. The van der Waals surface area contributed by atoms with Gasteiger partial charge in [0.05, 0.1) is 14.2 Å². The summed E-state index contributed by atoms with van der Waals surface area (Å²) in [5.41, 5.74) is 0. The molecular formula is C12H22O3P+. The van der Waals surface area contributed by atoms with Crippen LogP contribution in [0.3, 0.4) is 0 Å². The van der Waals surface area contributed by atoms with Crippen LogP contribution in [0, 0.1) is 17.8 Å². The van der Waals surface area contributed by atoms with Crippen LogP contribution in [0.1, 0.15) is 38.5 Å². The topological polar surface area (TPSA) is 38.7 Å². The number of hydrogen-bond donors (Lipinski definition) is 1. The predicted octanol–water partition coefficient (Wildman–Crippen LogP) is 3.00. The van der Waals surface area contributed by atoms with Gasteiger partial charge in [0.15, 0.2) is 5.16 Å². The first kappa shape index (κ1) is 11.4. The van der Waals surface area contributed by atoms with Gasteiger partial charge in [0.1, 0.15) is 0 Å². The minimum absolute atomic E-state index is 0.0226. The number of hydrogen-bond acceptors (Lipinski definition) is 3. The molecule has 0 heterocycles. The molecule has 0 aliphatic heterocycles. The molecule has 4 heteroatoms. The van der Waals surface area contributed by atoms with E-state index < -0.39 is 7.94 Å². The highest BCUT2D eigenvalue weighted by atomic mass is 31.2. The molecule has 4 saturated carbocycles. The van der Waals surface area contributed by atoms with Gasteiger partial charge in [0.25, 0.3) is 0 Å². The molecule has 0 aromatic rings. The Morgan fingerprint density at radius 1 is 0.938 bits per heavy atom. The largest absolute Gasteiger partial charge is 0.414 e. The summed E-state index contributed by atoms with van der Waals surface area (Å²) in [5.74, 6) is 2.47. The third kappa shape index (κ3) is 1.42. The van der Waals surface area contributed by atoms with Crippen LogP contribution in [0.25, 0.3) is 0 Å². The first-order valence-corrected chi connectivity index (χ1v) is 7.92. The van der Waals surface area contributed by atoms with E-state index in [-0.39, 0.29) is 5.16 Å². The summed E-state index contributed by atoms with van der Waals surface area (Å²) >= 11 is 0. The maximum Gasteiger partial charge on any atom is 0.414 e. The summed E-state index contributed by atoms with van der Waals surface area (Å²) in [6, 6.07) is 0. The van der Waals surface area contributed by atoms with Crippen molar-refractivity contribution in [3.8, 4) is 0 Å². The van der Waals surface area contributed by atoms with E-state index >= 15 is 0 Å². The Morgan fingerprint density at radius 2 is 1.31 bits per heavy atom. The van der Waals surface area contributed by atoms with Crippen molar-refractivity contribution < 1.29 is 13.9 Å². The van der Waals surface area contributed by atoms with E-state index in [2.05, 4.69) is 0 Å². The second-order valence-corrected chi connectivity index (χ2v) is 8.75. The highest BCUT2D eigenvalue weighted by Gasteiger charge is 2.68. The summed E-state index contributed by atoms with van der Waals surface area (Å²) in [5, 5.41) is -0.0226. The van der Waals surface area contributed by atoms with Crippen molar-refractivity contribution >= 4 is 7.94 Å². The van der Waals surface area contributed by atoms with E-state index in [9.17, 15) is 4.89 Å². The fourth-order valence-corrected chi connectivity index (χ4v) is 7.26. The van der Waals surface area contributed by atoms with Crippen LogP contribution in [0.15, 0.2) is 0 Å². The maximum atomic E-state index is 10.7. The Morgan fingerprint density at radius 3 is 1.62 bits per heavy atom. The molecule has 1 N–H and O–H groups in total. The van der Waals surface area contributed by atoms with Gasteiger partial charge in [-0.15, -0.1) is 0 Å². The van der Waals surface area contributed by atoms with E-state index in [1.165, 1.54) is 19.3 Å². The zero-order valence-electron chi connectivity index (χ0n) is 10.2. The van der Waals surface area contributed by atoms with Gasteiger partial charge in [-0.05, 0) is 56.3 Å². The molecule has 0 spiro atoms. The summed E-state index contributed by atoms with van der Waals surface area (Å²) in [7, 11) is 0.583. The molecule has 0 unspecified atom stereocenters. The van der Waals surface area contributed by atoms with Gasteiger partial charge < -0.3 is 0 Å². The molecule has 4 fully saturated rings. The van der Waals surface area contributed by atoms with Crippen LogP contribution >= 0.6 is 7.94 Å². The molecule has 0 aromatic carbocycles. The van der Waals surface area contributed by atoms with E-state index in [0.717, 1.165) is 37.0 Å². The first-order valence-electron chi connectivity index (χ1n) is 6.34. The Labute approximate surface area is 98.1 Å². The lowest BCUT2D eigenvalue weighted by molar-refractivity contribution is 0.0129. The molecule has 0 amide bonds. The molecule has 4 aliphatic carbocycles. The monoisotopic (exact) mass is 245 g/mol. The van der Waals surface area contributed by atoms with Crippen molar-refractivity contribution in [1.29, 1.82) is 0 Å². The zero-order valence-corrected chi connectivity index (χ0v) is 11.1. The maximum absolute atomic E-state index is 10.7. The second kappa shape index (κ2) is 3.65. The quantitative estimate of drug-likeness (QED) is 0.777. The smallest absolute Gasteiger partial charge is 0.192 e. The van der Waals surface area contributed by atoms with Crippen molar-refractivity contribution in [2.75, 3.05) is 14.2 Å². The molecule has 4 aliphatic rings. The Bertz CT molecular complexity index is 253. The Kier molecular flexibility index (Phi) is 2.60. The molecule has 4 rings (SSSR count). The molecule has 4 bridgehead atoms. The second-order valence-electron chi connectivity index (χ2n) is 6.03. The predicted molar refractivity (Wildman–Crippen MR) is 64.1 cm³/mol. The van der Waals surface area contributed by atoms with Crippen molar-refractivity contribution in [2.45, 2.75) is 43.7 Å². The summed E-state index contributed by atoms with van der Waals surface area (Å²) in [6.07, 6.45) is 7.53. The van der Waals surface area contributed by atoms with Gasteiger partial charge in [-0.3, -0.25) is 0 Å². The molecule has 16 heavy (non-hydrogen) atoms.